The molecule has 0 aromatic carbocycles. The van der Waals surface area contributed by atoms with Crippen LogP contribution in [0.2, 0.25) is 0 Å². The second kappa shape index (κ2) is 6.34. The fourth-order valence-corrected chi connectivity index (χ4v) is 1.29. The highest BCUT2D eigenvalue weighted by molar-refractivity contribution is 7.80. The molecule has 0 aliphatic heterocycles. The summed E-state index contributed by atoms with van der Waals surface area (Å²) in [6.07, 6.45) is 3.56. The van der Waals surface area contributed by atoms with Crippen LogP contribution in [-0.4, -0.2) is 33.0 Å². The van der Waals surface area contributed by atoms with Crippen LogP contribution in [0.15, 0.2) is 6.33 Å². The molecule has 1 rings (SSSR count). The van der Waals surface area contributed by atoms with Crippen molar-refractivity contribution in [3.63, 3.8) is 0 Å². The van der Waals surface area contributed by atoms with E-state index in [1.54, 1.807) is 11.0 Å². The fourth-order valence-electron chi connectivity index (χ4n) is 1.09. The monoisotopic (exact) mass is 227 g/mol. The average molecular weight is 227 g/mol. The minimum Gasteiger partial charge on any atom is -0.363 e. The maximum absolute atomic E-state index is 5.07. The molecule has 0 aliphatic carbocycles. The van der Waals surface area contributed by atoms with E-state index in [1.165, 1.54) is 0 Å². The molecule has 0 saturated carbocycles. The van der Waals surface area contributed by atoms with Crippen molar-refractivity contribution in [1.82, 2.24) is 25.4 Å². The summed E-state index contributed by atoms with van der Waals surface area (Å²) >= 11 is 5.07. The lowest BCUT2D eigenvalue weighted by Gasteiger charge is -2.07. The van der Waals surface area contributed by atoms with Crippen LogP contribution >= 0.6 is 12.2 Å². The van der Waals surface area contributed by atoms with Crippen molar-refractivity contribution in [1.29, 1.82) is 0 Å². The number of nitrogens with zero attached hydrogens (tertiary/aromatic N) is 3. The van der Waals surface area contributed by atoms with Gasteiger partial charge in [-0.25, -0.2) is 4.98 Å². The molecule has 0 aliphatic rings. The molecule has 15 heavy (non-hydrogen) atoms. The van der Waals surface area contributed by atoms with Gasteiger partial charge >= 0.3 is 0 Å². The molecule has 0 atom stereocenters. The number of aromatic nitrogens is 3. The largest absolute Gasteiger partial charge is 0.363 e. The molecule has 0 unspecified atom stereocenters. The Labute approximate surface area is 95.3 Å². The maximum Gasteiger partial charge on any atom is 0.166 e. The Kier molecular flexibility index (Phi) is 5.03. The van der Waals surface area contributed by atoms with Crippen LogP contribution in [0, 0.1) is 0 Å². The third-order valence-electron chi connectivity index (χ3n) is 1.82. The van der Waals surface area contributed by atoms with E-state index in [2.05, 4.69) is 27.6 Å². The van der Waals surface area contributed by atoms with Crippen molar-refractivity contribution in [2.75, 3.05) is 13.1 Å². The summed E-state index contributed by atoms with van der Waals surface area (Å²) in [6.45, 7) is 3.78. The zero-order valence-corrected chi connectivity index (χ0v) is 9.97. The standard InChI is InChI=1S/C9H17N5S/c1-3-5-10-9(15)11-6-4-8-12-7-14(2)13-8/h7H,3-6H2,1-2H3,(H2,10,11,15). The van der Waals surface area contributed by atoms with Crippen LogP contribution in [0.25, 0.3) is 0 Å². The van der Waals surface area contributed by atoms with Gasteiger partial charge in [0.05, 0.1) is 0 Å². The summed E-state index contributed by atoms with van der Waals surface area (Å²) in [5.74, 6) is 0.836. The van der Waals surface area contributed by atoms with Gasteiger partial charge < -0.3 is 10.6 Å². The highest BCUT2D eigenvalue weighted by Crippen LogP contribution is 1.87. The summed E-state index contributed by atoms with van der Waals surface area (Å²) in [5, 5.41) is 11.1. The summed E-state index contributed by atoms with van der Waals surface area (Å²) in [4.78, 5) is 4.12. The molecule has 1 aromatic rings. The van der Waals surface area contributed by atoms with Crippen LogP contribution in [0.3, 0.4) is 0 Å². The first kappa shape index (κ1) is 11.9. The van der Waals surface area contributed by atoms with Gasteiger partial charge in [-0.3, -0.25) is 4.68 Å². The van der Waals surface area contributed by atoms with Crippen molar-refractivity contribution in [2.45, 2.75) is 19.8 Å². The van der Waals surface area contributed by atoms with Gasteiger partial charge in [-0.15, -0.1) is 0 Å². The third-order valence-corrected chi connectivity index (χ3v) is 2.11. The Bertz CT molecular complexity index is 309. The highest BCUT2D eigenvalue weighted by Gasteiger charge is 1.98. The van der Waals surface area contributed by atoms with Crippen molar-refractivity contribution >= 4 is 17.3 Å². The van der Waals surface area contributed by atoms with Gasteiger partial charge in [0.25, 0.3) is 0 Å². The molecule has 1 aromatic heterocycles. The van der Waals surface area contributed by atoms with E-state index in [1.807, 2.05) is 7.05 Å². The molecule has 0 fully saturated rings. The Balaban J connectivity index is 2.13. The Morgan fingerprint density at radius 2 is 2.20 bits per heavy atom. The fraction of sp³-hybridized carbons (Fsp3) is 0.667. The van der Waals surface area contributed by atoms with E-state index < -0.39 is 0 Å². The molecule has 84 valence electrons. The molecule has 0 radical (unpaired) electrons. The molecule has 2 N–H and O–H groups in total. The van der Waals surface area contributed by atoms with E-state index >= 15 is 0 Å². The lowest BCUT2D eigenvalue weighted by atomic mass is 10.4. The number of rotatable bonds is 5. The molecule has 5 nitrogen and oxygen atoms in total. The second-order valence-electron chi connectivity index (χ2n) is 3.27. The highest BCUT2D eigenvalue weighted by atomic mass is 32.1. The average Bonchev–Trinajstić information content (AvgIpc) is 2.61. The first-order chi connectivity index (χ1) is 7.22. The molecule has 1 heterocycles. The molecular formula is C9H17N5S. The molecule has 0 spiro atoms. The van der Waals surface area contributed by atoms with Crippen LogP contribution in [-0.2, 0) is 13.5 Å². The van der Waals surface area contributed by atoms with Crippen molar-refractivity contribution in [2.24, 2.45) is 7.05 Å². The smallest absolute Gasteiger partial charge is 0.166 e. The number of aryl methyl sites for hydroxylation is 1. The summed E-state index contributed by atoms with van der Waals surface area (Å²) in [6, 6.07) is 0. The first-order valence-electron chi connectivity index (χ1n) is 5.08. The zero-order valence-electron chi connectivity index (χ0n) is 9.16. The Morgan fingerprint density at radius 3 is 2.80 bits per heavy atom. The van der Waals surface area contributed by atoms with Gasteiger partial charge in [0.1, 0.15) is 6.33 Å². The topological polar surface area (TPSA) is 54.8 Å². The van der Waals surface area contributed by atoms with E-state index in [0.717, 1.165) is 31.8 Å². The van der Waals surface area contributed by atoms with Crippen LogP contribution in [0.1, 0.15) is 19.2 Å². The summed E-state index contributed by atoms with van der Waals surface area (Å²) in [5.41, 5.74) is 0. The summed E-state index contributed by atoms with van der Waals surface area (Å²) < 4.78 is 1.70. The first-order valence-corrected chi connectivity index (χ1v) is 5.49. The predicted octanol–water partition coefficient (Wildman–Crippen LogP) is 0.232. The van der Waals surface area contributed by atoms with E-state index in [4.69, 9.17) is 12.2 Å². The molecule has 0 saturated heterocycles. The van der Waals surface area contributed by atoms with Gasteiger partial charge in [0.15, 0.2) is 10.9 Å². The van der Waals surface area contributed by atoms with Gasteiger partial charge in [-0.05, 0) is 18.6 Å². The quantitative estimate of drug-likeness (QED) is 0.705. The van der Waals surface area contributed by atoms with Crippen LogP contribution in [0.5, 0.6) is 0 Å². The predicted molar refractivity (Wildman–Crippen MR) is 63.6 cm³/mol. The van der Waals surface area contributed by atoms with Crippen LogP contribution < -0.4 is 10.6 Å². The summed E-state index contributed by atoms with van der Waals surface area (Å²) in [7, 11) is 1.86. The van der Waals surface area contributed by atoms with Crippen molar-refractivity contribution < 1.29 is 0 Å². The minimum absolute atomic E-state index is 0.702. The third kappa shape index (κ3) is 4.73. The lowest BCUT2D eigenvalue weighted by molar-refractivity contribution is 0.724. The van der Waals surface area contributed by atoms with E-state index in [0.29, 0.717) is 5.11 Å². The molecule has 0 amide bonds. The number of thiocarbonyl (C=S) groups is 1. The van der Waals surface area contributed by atoms with Gasteiger partial charge in [-0.2, -0.15) is 5.10 Å². The van der Waals surface area contributed by atoms with Crippen molar-refractivity contribution in [3.8, 4) is 0 Å². The van der Waals surface area contributed by atoms with Gasteiger partial charge in [-0.1, -0.05) is 6.92 Å². The second-order valence-corrected chi connectivity index (χ2v) is 3.68. The molecule has 6 heteroatoms. The van der Waals surface area contributed by atoms with E-state index in [9.17, 15) is 0 Å². The van der Waals surface area contributed by atoms with E-state index in [-0.39, 0.29) is 0 Å². The number of nitrogens with one attached hydrogen (secondary N) is 2. The Hall–Kier alpha value is -1.17. The molecule has 0 bridgehead atoms. The SMILES string of the molecule is CCCNC(=S)NCCc1ncn(C)n1. The molecular weight excluding hydrogens is 210 g/mol. The van der Waals surface area contributed by atoms with Crippen molar-refractivity contribution in [3.05, 3.63) is 12.2 Å². The normalized spacial score (nSPS) is 10.0. The maximum atomic E-state index is 5.07. The lowest BCUT2D eigenvalue weighted by Crippen LogP contribution is -2.36. The number of hydrogen-bond acceptors (Lipinski definition) is 3. The van der Waals surface area contributed by atoms with Gasteiger partial charge in [0, 0.05) is 26.6 Å². The van der Waals surface area contributed by atoms with Crippen LogP contribution in [0.4, 0.5) is 0 Å². The Morgan fingerprint density at radius 1 is 1.47 bits per heavy atom. The van der Waals surface area contributed by atoms with Gasteiger partial charge in [0.2, 0.25) is 0 Å². The number of hydrogen-bond donors (Lipinski definition) is 2. The minimum atomic E-state index is 0.702. The zero-order chi connectivity index (χ0) is 11.1.